The van der Waals surface area contributed by atoms with Crippen LogP contribution in [0.5, 0.6) is 0 Å². The number of hydrogen-bond donors (Lipinski definition) is 1. The van der Waals surface area contributed by atoms with E-state index in [9.17, 15) is 5.11 Å². The molecule has 1 aromatic carbocycles. The van der Waals surface area contributed by atoms with Crippen LogP contribution in [0.25, 0.3) is 0 Å². The summed E-state index contributed by atoms with van der Waals surface area (Å²) in [6.45, 7) is 0. The standard InChI is InChI=1S/C14H14BrNO/c15-13-8-11(9-16-10-13)6-7-14(17)12-4-2-1-3-5-12/h1-5,8-10,14,17H,6-7H2. The maximum Gasteiger partial charge on any atom is 0.0793 e. The third-order valence-electron chi connectivity index (χ3n) is 2.65. The average Bonchev–Trinajstić information content (AvgIpc) is 2.37. The molecule has 17 heavy (non-hydrogen) atoms. The maximum absolute atomic E-state index is 10.0. The molecule has 0 bridgehead atoms. The summed E-state index contributed by atoms with van der Waals surface area (Å²) in [5.74, 6) is 0. The van der Waals surface area contributed by atoms with Gasteiger partial charge in [0.1, 0.15) is 0 Å². The highest BCUT2D eigenvalue weighted by Crippen LogP contribution is 2.19. The molecule has 0 amide bonds. The summed E-state index contributed by atoms with van der Waals surface area (Å²) in [6.07, 6.45) is 4.72. The van der Waals surface area contributed by atoms with Crippen molar-refractivity contribution in [1.82, 2.24) is 4.98 Å². The molecule has 0 aliphatic rings. The number of aliphatic hydroxyl groups excluding tert-OH is 1. The summed E-state index contributed by atoms with van der Waals surface area (Å²) >= 11 is 3.39. The summed E-state index contributed by atoms with van der Waals surface area (Å²) in [6, 6.07) is 11.8. The number of pyridine rings is 1. The monoisotopic (exact) mass is 291 g/mol. The quantitative estimate of drug-likeness (QED) is 0.935. The summed E-state index contributed by atoms with van der Waals surface area (Å²) in [4.78, 5) is 4.11. The molecule has 2 nitrogen and oxygen atoms in total. The second kappa shape index (κ2) is 5.94. The van der Waals surface area contributed by atoms with E-state index in [1.165, 1.54) is 0 Å². The Morgan fingerprint density at radius 1 is 1.18 bits per heavy atom. The highest BCUT2D eigenvalue weighted by Gasteiger charge is 2.07. The van der Waals surface area contributed by atoms with Crippen LogP contribution in [0.3, 0.4) is 0 Å². The van der Waals surface area contributed by atoms with Gasteiger partial charge in [0.15, 0.2) is 0 Å². The first-order chi connectivity index (χ1) is 8.25. The Hall–Kier alpha value is -1.19. The van der Waals surface area contributed by atoms with Crippen molar-refractivity contribution in [2.75, 3.05) is 0 Å². The minimum atomic E-state index is -0.407. The molecule has 1 aromatic heterocycles. The van der Waals surface area contributed by atoms with Gasteiger partial charge in [0.05, 0.1) is 6.10 Å². The van der Waals surface area contributed by atoms with Crippen molar-refractivity contribution in [1.29, 1.82) is 0 Å². The number of aliphatic hydroxyl groups is 1. The van der Waals surface area contributed by atoms with Gasteiger partial charge in [-0.15, -0.1) is 0 Å². The molecule has 0 fully saturated rings. The third kappa shape index (κ3) is 3.65. The van der Waals surface area contributed by atoms with Crippen LogP contribution in [0.2, 0.25) is 0 Å². The molecule has 0 saturated heterocycles. The number of rotatable bonds is 4. The Morgan fingerprint density at radius 2 is 1.94 bits per heavy atom. The molecule has 0 aliphatic carbocycles. The molecule has 0 aliphatic heterocycles. The largest absolute Gasteiger partial charge is 0.388 e. The first kappa shape index (κ1) is 12.3. The molecule has 1 atom stereocenters. The topological polar surface area (TPSA) is 33.1 Å². The van der Waals surface area contributed by atoms with Crippen molar-refractivity contribution >= 4 is 15.9 Å². The summed E-state index contributed by atoms with van der Waals surface area (Å²) in [5, 5.41) is 10.0. The smallest absolute Gasteiger partial charge is 0.0793 e. The second-order valence-corrected chi connectivity index (χ2v) is 4.89. The number of halogens is 1. The van der Waals surface area contributed by atoms with E-state index >= 15 is 0 Å². The Morgan fingerprint density at radius 3 is 2.65 bits per heavy atom. The summed E-state index contributed by atoms with van der Waals surface area (Å²) < 4.78 is 0.976. The zero-order valence-corrected chi connectivity index (χ0v) is 11.0. The van der Waals surface area contributed by atoms with E-state index in [1.807, 2.05) is 42.6 Å². The van der Waals surface area contributed by atoms with Gasteiger partial charge in [0.2, 0.25) is 0 Å². The van der Waals surface area contributed by atoms with Gasteiger partial charge >= 0.3 is 0 Å². The van der Waals surface area contributed by atoms with E-state index in [0.717, 1.165) is 22.0 Å². The van der Waals surface area contributed by atoms with Gasteiger partial charge in [-0.1, -0.05) is 30.3 Å². The fraction of sp³-hybridized carbons (Fsp3) is 0.214. The molecule has 0 saturated carbocycles. The van der Waals surface area contributed by atoms with Crippen molar-refractivity contribution in [3.05, 3.63) is 64.4 Å². The third-order valence-corrected chi connectivity index (χ3v) is 3.09. The average molecular weight is 292 g/mol. The molecule has 0 radical (unpaired) electrons. The van der Waals surface area contributed by atoms with Gasteiger partial charge in [0.25, 0.3) is 0 Å². The fourth-order valence-electron chi connectivity index (χ4n) is 1.74. The van der Waals surface area contributed by atoms with Crippen molar-refractivity contribution in [2.24, 2.45) is 0 Å². The van der Waals surface area contributed by atoms with Crippen LogP contribution in [0, 0.1) is 0 Å². The lowest BCUT2D eigenvalue weighted by Crippen LogP contribution is -1.99. The molecule has 1 heterocycles. The first-order valence-electron chi connectivity index (χ1n) is 5.58. The molecule has 1 unspecified atom stereocenters. The lowest BCUT2D eigenvalue weighted by molar-refractivity contribution is 0.168. The molecular weight excluding hydrogens is 278 g/mol. The highest BCUT2D eigenvalue weighted by molar-refractivity contribution is 9.10. The number of aryl methyl sites for hydroxylation is 1. The number of aromatic nitrogens is 1. The minimum absolute atomic E-state index is 0.407. The van der Waals surface area contributed by atoms with Crippen LogP contribution in [-0.4, -0.2) is 10.1 Å². The van der Waals surface area contributed by atoms with Crippen molar-refractivity contribution in [3.8, 4) is 0 Å². The highest BCUT2D eigenvalue weighted by atomic mass is 79.9. The molecule has 0 spiro atoms. The minimum Gasteiger partial charge on any atom is -0.388 e. The Labute approximate surface area is 109 Å². The lowest BCUT2D eigenvalue weighted by atomic mass is 10.0. The Kier molecular flexibility index (Phi) is 4.29. The molecule has 1 N–H and O–H groups in total. The van der Waals surface area contributed by atoms with Crippen LogP contribution in [-0.2, 0) is 6.42 Å². The predicted molar refractivity (Wildman–Crippen MR) is 71.7 cm³/mol. The van der Waals surface area contributed by atoms with Crippen molar-refractivity contribution < 1.29 is 5.11 Å². The van der Waals surface area contributed by atoms with Crippen molar-refractivity contribution in [3.63, 3.8) is 0 Å². The SMILES string of the molecule is OC(CCc1cncc(Br)c1)c1ccccc1. The van der Waals surface area contributed by atoms with E-state index in [2.05, 4.69) is 20.9 Å². The van der Waals surface area contributed by atoms with Gasteiger partial charge in [-0.3, -0.25) is 4.98 Å². The molecule has 2 rings (SSSR count). The van der Waals surface area contributed by atoms with Crippen LogP contribution >= 0.6 is 15.9 Å². The molecule has 88 valence electrons. The molecule has 3 heteroatoms. The van der Waals surface area contributed by atoms with E-state index in [-0.39, 0.29) is 0 Å². The molecular formula is C14H14BrNO. The fourth-order valence-corrected chi connectivity index (χ4v) is 2.15. The number of benzene rings is 1. The first-order valence-corrected chi connectivity index (χ1v) is 6.37. The van der Waals surface area contributed by atoms with Gasteiger partial charge in [0, 0.05) is 16.9 Å². The van der Waals surface area contributed by atoms with Crippen molar-refractivity contribution in [2.45, 2.75) is 18.9 Å². The second-order valence-electron chi connectivity index (χ2n) is 3.98. The van der Waals surface area contributed by atoms with Gasteiger partial charge in [-0.25, -0.2) is 0 Å². The van der Waals surface area contributed by atoms with Crippen LogP contribution < -0.4 is 0 Å². The van der Waals surface area contributed by atoms with Gasteiger partial charge < -0.3 is 5.11 Å². The van der Waals surface area contributed by atoms with Crippen LogP contribution in [0.15, 0.2) is 53.3 Å². The summed E-state index contributed by atoms with van der Waals surface area (Å²) in [5.41, 5.74) is 2.10. The van der Waals surface area contributed by atoms with E-state index in [4.69, 9.17) is 0 Å². The van der Waals surface area contributed by atoms with Gasteiger partial charge in [-0.05, 0) is 46.0 Å². The number of hydrogen-bond acceptors (Lipinski definition) is 2. The maximum atomic E-state index is 10.0. The van der Waals surface area contributed by atoms with E-state index in [1.54, 1.807) is 6.20 Å². The zero-order valence-electron chi connectivity index (χ0n) is 9.38. The van der Waals surface area contributed by atoms with E-state index < -0.39 is 6.10 Å². The summed E-state index contributed by atoms with van der Waals surface area (Å²) in [7, 11) is 0. The Bertz CT molecular complexity index is 473. The Balaban J connectivity index is 1.95. The lowest BCUT2D eigenvalue weighted by Gasteiger charge is -2.10. The molecule has 2 aromatic rings. The van der Waals surface area contributed by atoms with E-state index in [0.29, 0.717) is 6.42 Å². The number of nitrogens with zero attached hydrogens (tertiary/aromatic N) is 1. The van der Waals surface area contributed by atoms with Gasteiger partial charge in [-0.2, -0.15) is 0 Å². The van der Waals surface area contributed by atoms with Crippen LogP contribution in [0.1, 0.15) is 23.7 Å². The van der Waals surface area contributed by atoms with Crippen LogP contribution in [0.4, 0.5) is 0 Å². The normalized spacial score (nSPS) is 12.4. The zero-order chi connectivity index (χ0) is 12.1. The predicted octanol–water partition coefficient (Wildman–Crippen LogP) is 3.51.